The van der Waals surface area contributed by atoms with E-state index in [-0.39, 0.29) is 11.9 Å². The van der Waals surface area contributed by atoms with Crippen molar-refractivity contribution in [2.75, 3.05) is 6.61 Å². The van der Waals surface area contributed by atoms with Crippen molar-refractivity contribution in [3.05, 3.63) is 66.2 Å². The van der Waals surface area contributed by atoms with E-state index >= 15 is 0 Å². The van der Waals surface area contributed by atoms with Crippen LogP contribution in [0.25, 0.3) is 0 Å². The van der Waals surface area contributed by atoms with Gasteiger partial charge in [0.1, 0.15) is 12.4 Å². The molecule has 3 heteroatoms. The molecule has 1 aliphatic rings. The molecule has 1 unspecified atom stereocenters. The second-order valence-electron chi connectivity index (χ2n) is 4.99. The normalized spacial score (nSPS) is 17.7. The van der Waals surface area contributed by atoms with Gasteiger partial charge in [0.05, 0.1) is 12.5 Å². The van der Waals surface area contributed by atoms with E-state index in [1.54, 1.807) is 0 Å². The summed E-state index contributed by atoms with van der Waals surface area (Å²) in [4.78, 5) is 13.6. The summed E-state index contributed by atoms with van der Waals surface area (Å²) in [7, 11) is 0. The van der Waals surface area contributed by atoms with Crippen molar-refractivity contribution in [1.29, 1.82) is 0 Å². The number of para-hydroxylation sites is 1. The van der Waals surface area contributed by atoms with Gasteiger partial charge in [-0.25, -0.2) is 0 Å². The third kappa shape index (κ3) is 2.82. The standard InChI is InChI=1S/C17H17NO2/c19-17-11-15(13-20-16-9-5-2-6-10-16)18(17)12-14-7-3-1-4-8-14/h1-10,15H,11-13H2. The van der Waals surface area contributed by atoms with E-state index in [0.717, 1.165) is 11.3 Å². The zero-order valence-electron chi connectivity index (χ0n) is 11.2. The Balaban J connectivity index is 1.56. The maximum Gasteiger partial charge on any atom is 0.225 e. The number of nitrogens with zero attached hydrogens (tertiary/aromatic N) is 1. The van der Waals surface area contributed by atoms with Crippen LogP contribution in [0.1, 0.15) is 12.0 Å². The Labute approximate surface area is 118 Å². The number of ether oxygens (including phenoxy) is 1. The lowest BCUT2D eigenvalue weighted by atomic mass is 10.0. The van der Waals surface area contributed by atoms with Crippen molar-refractivity contribution in [3.63, 3.8) is 0 Å². The van der Waals surface area contributed by atoms with Crippen molar-refractivity contribution >= 4 is 5.91 Å². The van der Waals surface area contributed by atoms with Crippen molar-refractivity contribution in [2.45, 2.75) is 19.0 Å². The fraction of sp³-hybridized carbons (Fsp3) is 0.235. The molecule has 1 saturated heterocycles. The summed E-state index contributed by atoms with van der Waals surface area (Å²) < 4.78 is 5.73. The van der Waals surface area contributed by atoms with Crippen LogP contribution in [0.15, 0.2) is 60.7 Å². The number of hydrogen-bond acceptors (Lipinski definition) is 2. The summed E-state index contributed by atoms with van der Waals surface area (Å²) in [6.07, 6.45) is 0.583. The zero-order valence-corrected chi connectivity index (χ0v) is 11.2. The molecular formula is C17H17NO2. The van der Waals surface area contributed by atoms with Gasteiger partial charge in [-0.05, 0) is 17.7 Å². The summed E-state index contributed by atoms with van der Waals surface area (Å²) in [5.74, 6) is 1.06. The maximum atomic E-state index is 11.7. The average molecular weight is 267 g/mol. The maximum absolute atomic E-state index is 11.7. The molecule has 102 valence electrons. The molecule has 3 rings (SSSR count). The predicted octanol–water partition coefficient (Wildman–Crippen LogP) is 2.87. The molecule has 0 spiro atoms. The lowest BCUT2D eigenvalue weighted by molar-refractivity contribution is -0.148. The summed E-state index contributed by atoms with van der Waals surface area (Å²) in [5.41, 5.74) is 1.16. The molecule has 0 aromatic heterocycles. The number of amides is 1. The summed E-state index contributed by atoms with van der Waals surface area (Å²) in [6, 6.07) is 20.0. The highest BCUT2D eigenvalue weighted by molar-refractivity contribution is 5.83. The quantitative estimate of drug-likeness (QED) is 0.780. The topological polar surface area (TPSA) is 29.5 Å². The third-order valence-corrected chi connectivity index (χ3v) is 3.55. The van der Waals surface area contributed by atoms with Gasteiger partial charge in [0.2, 0.25) is 5.91 Å². The summed E-state index contributed by atoms with van der Waals surface area (Å²) >= 11 is 0. The van der Waals surface area contributed by atoms with E-state index in [0.29, 0.717) is 19.6 Å². The minimum Gasteiger partial charge on any atom is -0.491 e. The minimum atomic E-state index is 0.183. The lowest BCUT2D eigenvalue weighted by Crippen LogP contribution is -2.54. The van der Waals surface area contributed by atoms with Crippen LogP contribution in [0.5, 0.6) is 5.75 Å². The van der Waals surface area contributed by atoms with Gasteiger partial charge >= 0.3 is 0 Å². The monoisotopic (exact) mass is 267 g/mol. The van der Waals surface area contributed by atoms with Gasteiger partial charge in [-0.3, -0.25) is 4.79 Å². The molecule has 1 amide bonds. The Hall–Kier alpha value is -2.29. The highest BCUT2D eigenvalue weighted by Crippen LogP contribution is 2.23. The number of carbonyl (C=O) groups is 1. The Bertz CT molecular complexity index is 568. The van der Waals surface area contributed by atoms with Gasteiger partial charge in [-0.15, -0.1) is 0 Å². The Morgan fingerprint density at radius 2 is 1.65 bits per heavy atom. The molecule has 1 atom stereocenters. The van der Waals surface area contributed by atoms with Crippen molar-refractivity contribution in [1.82, 2.24) is 4.90 Å². The van der Waals surface area contributed by atoms with Crippen LogP contribution < -0.4 is 4.74 Å². The SMILES string of the molecule is O=C1CC(COc2ccccc2)N1Cc1ccccc1. The molecular weight excluding hydrogens is 250 g/mol. The number of carbonyl (C=O) groups excluding carboxylic acids is 1. The van der Waals surface area contributed by atoms with Crippen molar-refractivity contribution in [2.24, 2.45) is 0 Å². The van der Waals surface area contributed by atoms with Gasteiger partial charge in [0, 0.05) is 6.54 Å². The molecule has 2 aromatic rings. The lowest BCUT2D eigenvalue weighted by Gasteiger charge is -2.40. The van der Waals surface area contributed by atoms with E-state index in [1.807, 2.05) is 65.6 Å². The highest BCUT2D eigenvalue weighted by Gasteiger charge is 2.36. The summed E-state index contributed by atoms with van der Waals surface area (Å²) in [5, 5.41) is 0. The van der Waals surface area contributed by atoms with Crippen LogP contribution in [-0.4, -0.2) is 23.5 Å². The first-order valence-corrected chi connectivity index (χ1v) is 6.84. The fourth-order valence-electron chi connectivity index (χ4n) is 2.38. The first kappa shape index (κ1) is 12.7. The van der Waals surface area contributed by atoms with Crippen LogP contribution >= 0.6 is 0 Å². The molecule has 0 N–H and O–H groups in total. The third-order valence-electron chi connectivity index (χ3n) is 3.55. The van der Waals surface area contributed by atoms with Gasteiger partial charge in [-0.1, -0.05) is 48.5 Å². The minimum absolute atomic E-state index is 0.183. The molecule has 2 aromatic carbocycles. The predicted molar refractivity (Wildman–Crippen MR) is 77.3 cm³/mol. The van der Waals surface area contributed by atoms with Crippen LogP contribution in [-0.2, 0) is 11.3 Å². The largest absolute Gasteiger partial charge is 0.491 e. The molecule has 1 fully saturated rings. The molecule has 0 aliphatic carbocycles. The smallest absolute Gasteiger partial charge is 0.225 e. The highest BCUT2D eigenvalue weighted by atomic mass is 16.5. The number of benzene rings is 2. The first-order chi connectivity index (χ1) is 9.83. The molecule has 20 heavy (non-hydrogen) atoms. The molecule has 3 nitrogen and oxygen atoms in total. The molecule has 1 aliphatic heterocycles. The van der Waals surface area contributed by atoms with E-state index in [1.165, 1.54) is 0 Å². The molecule has 0 radical (unpaired) electrons. The number of β-lactam (4-membered cyclic amide) rings is 1. The van der Waals surface area contributed by atoms with Crippen LogP contribution in [0.2, 0.25) is 0 Å². The van der Waals surface area contributed by atoms with E-state index in [9.17, 15) is 4.79 Å². The first-order valence-electron chi connectivity index (χ1n) is 6.84. The second kappa shape index (κ2) is 5.78. The Morgan fingerprint density at radius 3 is 2.30 bits per heavy atom. The van der Waals surface area contributed by atoms with Gasteiger partial charge in [-0.2, -0.15) is 0 Å². The van der Waals surface area contributed by atoms with E-state index < -0.39 is 0 Å². The fourth-order valence-corrected chi connectivity index (χ4v) is 2.38. The molecule has 0 bridgehead atoms. The van der Waals surface area contributed by atoms with Crippen LogP contribution in [0.4, 0.5) is 0 Å². The van der Waals surface area contributed by atoms with Crippen molar-refractivity contribution in [3.8, 4) is 5.75 Å². The van der Waals surface area contributed by atoms with Gasteiger partial charge in [0.15, 0.2) is 0 Å². The Kier molecular flexibility index (Phi) is 3.68. The second-order valence-corrected chi connectivity index (χ2v) is 4.99. The number of rotatable bonds is 5. The van der Waals surface area contributed by atoms with E-state index in [2.05, 4.69) is 0 Å². The number of hydrogen-bond donors (Lipinski definition) is 0. The van der Waals surface area contributed by atoms with E-state index in [4.69, 9.17) is 4.74 Å². The van der Waals surface area contributed by atoms with Crippen molar-refractivity contribution < 1.29 is 9.53 Å². The van der Waals surface area contributed by atoms with Crippen LogP contribution in [0.3, 0.4) is 0 Å². The summed E-state index contributed by atoms with van der Waals surface area (Å²) in [6.45, 7) is 1.23. The molecule has 1 heterocycles. The Morgan fingerprint density at radius 1 is 1.00 bits per heavy atom. The van der Waals surface area contributed by atoms with Crippen LogP contribution in [0, 0.1) is 0 Å². The van der Waals surface area contributed by atoms with Gasteiger partial charge < -0.3 is 9.64 Å². The molecule has 0 saturated carbocycles. The zero-order chi connectivity index (χ0) is 13.8. The number of likely N-dealkylation sites (tertiary alicyclic amines) is 1. The average Bonchev–Trinajstić information content (AvgIpc) is 2.51. The van der Waals surface area contributed by atoms with Gasteiger partial charge in [0.25, 0.3) is 0 Å².